The monoisotopic (exact) mass is 434 g/mol. The van der Waals surface area contributed by atoms with Gasteiger partial charge in [-0.25, -0.2) is 9.67 Å². The van der Waals surface area contributed by atoms with Gasteiger partial charge in [0.05, 0.1) is 6.04 Å². The first-order valence-electron chi connectivity index (χ1n) is 11.1. The van der Waals surface area contributed by atoms with Gasteiger partial charge in [-0.3, -0.25) is 4.79 Å². The van der Waals surface area contributed by atoms with Gasteiger partial charge in [-0.05, 0) is 36.5 Å². The molecule has 0 bridgehead atoms. The molecule has 1 spiro atoms. The van der Waals surface area contributed by atoms with Crippen LogP contribution in [-0.2, 0) is 0 Å². The number of benzene rings is 1. The van der Waals surface area contributed by atoms with Crippen LogP contribution >= 0.6 is 0 Å². The Bertz CT molecular complexity index is 1070. The number of ether oxygens (including phenoxy) is 1. The number of hydrogen-bond acceptors (Lipinski definition) is 6. The minimum atomic E-state index is -0.252. The van der Waals surface area contributed by atoms with Crippen LogP contribution in [0.1, 0.15) is 43.1 Å². The average molecular weight is 435 g/mol. The molecule has 168 valence electrons. The van der Waals surface area contributed by atoms with E-state index >= 15 is 0 Å². The molecule has 0 unspecified atom stereocenters. The van der Waals surface area contributed by atoms with E-state index in [1.54, 1.807) is 19.3 Å². The molecule has 1 saturated carbocycles. The van der Waals surface area contributed by atoms with Gasteiger partial charge in [0, 0.05) is 38.0 Å². The molecule has 3 aromatic rings. The summed E-state index contributed by atoms with van der Waals surface area (Å²) in [7, 11) is 1.59. The number of nitrogens with zero attached hydrogens (tertiary/aromatic N) is 3. The predicted molar refractivity (Wildman–Crippen MR) is 125 cm³/mol. The summed E-state index contributed by atoms with van der Waals surface area (Å²) >= 11 is 0. The van der Waals surface area contributed by atoms with E-state index in [0.717, 1.165) is 31.5 Å². The zero-order chi connectivity index (χ0) is 22.7. The summed E-state index contributed by atoms with van der Waals surface area (Å²) in [4.78, 5) is 17.0. The molecule has 5 rings (SSSR count). The van der Waals surface area contributed by atoms with Crippen molar-refractivity contribution in [1.29, 1.82) is 0 Å². The molecule has 4 N–H and O–H groups in total. The number of para-hydroxylation sites is 1. The molecule has 1 amide bonds. The van der Waals surface area contributed by atoms with E-state index in [9.17, 15) is 4.79 Å². The lowest BCUT2D eigenvalue weighted by Crippen LogP contribution is -2.60. The van der Waals surface area contributed by atoms with Crippen LogP contribution in [0, 0.1) is 5.41 Å². The minimum absolute atomic E-state index is 0.220. The average Bonchev–Trinajstić information content (AvgIpc) is 3.11. The van der Waals surface area contributed by atoms with E-state index in [2.05, 4.69) is 15.6 Å². The molecule has 3 heterocycles. The van der Waals surface area contributed by atoms with Crippen molar-refractivity contribution in [3.05, 3.63) is 54.2 Å². The van der Waals surface area contributed by atoms with Crippen LogP contribution in [0.2, 0.25) is 0 Å². The molecule has 1 aliphatic heterocycles. The number of anilines is 1. The molecule has 2 fully saturated rings. The number of aromatic nitrogens is 3. The zero-order valence-electron chi connectivity index (χ0n) is 18.8. The highest BCUT2D eigenvalue weighted by molar-refractivity contribution is 6.04. The summed E-state index contributed by atoms with van der Waals surface area (Å²) in [6, 6.07) is 13.3. The van der Waals surface area contributed by atoms with Gasteiger partial charge >= 0.3 is 0 Å². The van der Waals surface area contributed by atoms with E-state index < -0.39 is 0 Å². The Morgan fingerprint density at radius 2 is 1.91 bits per heavy atom. The van der Waals surface area contributed by atoms with Gasteiger partial charge in [0.25, 0.3) is 5.91 Å². The standard InChI is InChI=1S/C22H24N6O2.C2H6/c1-24-21(29)18-19(27-28(20(18)23)15-9-22(10-15)12-25-13-22)14-7-8-17(26-11-14)30-16-5-3-2-4-6-16;1-2/h2-8,11,15,25H,9-10,12-13,23H2,1H3,(H,24,29);1-2H3. The maximum absolute atomic E-state index is 12.6. The number of nitrogens with one attached hydrogen (secondary N) is 2. The summed E-state index contributed by atoms with van der Waals surface area (Å²) in [5.74, 6) is 1.33. The van der Waals surface area contributed by atoms with Crippen molar-refractivity contribution >= 4 is 11.7 Å². The van der Waals surface area contributed by atoms with Gasteiger partial charge in [0.2, 0.25) is 5.88 Å². The molecule has 0 radical (unpaired) electrons. The quantitative estimate of drug-likeness (QED) is 0.566. The Hall–Kier alpha value is -3.39. The fourth-order valence-corrected chi connectivity index (χ4v) is 4.35. The third-order valence-electron chi connectivity index (χ3n) is 6.06. The molecular formula is C24H30N6O2. The van der Waals surface area contributed by atoms with Crippen LogP contribution in [0.5, 0.6) is 11.6 Å². The van der Waals surface area contributed by atoms with E-state index in [4.69, 9.17) is 15.6 Å². The van der Waals surface area contributed by atoms with Crippen molar-refractivity contribution in [1.82, 2.24) is 25.4 Å². The third kappa shape index (κ3) is 3.93. The van der Waals surface area contributed by atoms with Crippen molar-refractivity contribution < 1.29 is 9.53 Å². The van der Waals surface area contributed by atoms with E-state index in [0.29, 0.717) is 34.1 Å². The number of rotatable bonds is 5. The first kappa shape index (κ1) is 21.8. The number of carbonyl (C=O) groups excluding carboxylic acids is 1. The zero-order valence-corrected chi connectivity index (χ0v) is 18.8. The van der Waals surface area contributed by atoms with Gasteiger partial charge < -0.3 is 21.1 Å². The molecule has 1 saturated heterocycles. The highest BCUT2D eigenvalue weighted by Gasteiger charge is 2.50. The fourth-order valence-electron chi connectivity index (χ4n) is 4.35. The van der Waals surface area contributed by atoms with Crippen LogP contribution in [0.15, 0.2) is 48.7 Å². The van der Waals surface area contributed by atoms with Crippen LogP contribution in [0.3, 0.4) is 0 Å². The SMILES string of the molecule is CC.CNC(=O)c1c(-c2ccc(Oc3ccccc3)nc2)nn(C2CC3(CNC3)C2)c1N. The molecule has 32 heavy (non-hydrogen) atoms. The van der Waals surface area contributed by atoms with Gasteiger partial charge in [-0.15, -0.1) is 0 Å². The molecule has 1 aromatic carbocycles. The second-order valence-corrected chi connectivity index (χ2v) is 8.10. The number of nitrogens with two attached hydrogens (primary N) is 1. The number of carbonyl (C=O) groups is 1. The molecule has 8 heteroatoms. The predicted octanol–water partition coefficient (Wildman–Crippen LogP) is 3.63. The molecule has 2 aromatic heterocycles. The van der Waals surface area contributed by atoms with Crippen molar-refractivity contribution in [2.24, 2.45) is 5.41 Å². The molecule has 2 aliphatic rings. The molecule has 0 atom stereocenters. The van der Waals surface area contributed by atoms with Crippen LogP contribution < -0.4 is 21.1 Å². The van der Waals surface area contributed by atoms with Crippen molar-refractivity contribution in [3.8, 4) is 22.9 Å². The van der Waals surface area contributed by atoms with E-state index in [-0.39, 0.29) is 11.9 Å². The summed E-state index contributed by atoms with van der Waals surface area (Å²) < 4.78 is 7.57. The van der Waals surface area contributed by atoms with Crippen molar-refractivity contribution in [3.63, 3.8) is 0 Å². The molecule has 8 nitrogen and oxygen atoms in total. The normalized spacial score (nSPS) is 16.3. The van der Waals surface area contributed by atoms with Gasteiger partial charge in [-0.2, -0.15) is 5.10 Å². The number of amides is 1. The van der Waals surface area contributed by atoms with Gasteiger partial charge in [-0.1, -0.05) is 32.0 Å². The first-order chi connectivity index (χ1) is 15.6. The van der Waals surface area contributed by atoms with Gasteiger partial charge in [0.1, 0.15) is 22.8 Å². The largest absolute Gasteiger partial charge is 0.439 e. The summed E-state index contributed by atoms with van der Waals surface area (Å²) in [5, 5.41) is 10.8. The summed E-state index contributed by atoms with van der Waals surface area (Å²) in [5.41, 5.74) is 8.42. The Morgan fingerprint density at radius 1 is 1.19 bits per heavy atom. The molecule has 1 aliphatic carbocycles. The van der Waals surface area contributed by atoms with Crippen LogP contribution in [0.25, 0.3) is 11.3 Å². The Balaban J connectivity index is 0.00000119. The lowest BCUT2D eigenvalue weighted by Gasteiger charge is -2.54. The maximum atomic E-state index is 12.6. The topological polar surface area (TPSA) is 107 Å². The lowest BCUT2D eigenvalue weighted by molar-refractivity contribution is 0.00345. The Kier molecular flexibility index (Phi) is 6.14. The lowest BCUT2D eigenvalue weighted by atomic mass is 9.62. The van der Waals surface area contributed by atoms with Crippen LogP contribution in [0.4, 0.5) is 5.82 Å². The third-order valence-corrected chi connectivity index (χ3v) is 6.06. The summed E-state index contributed by atoms with van der Waals surface area (Å²) in [6.45, 7) is 6.10. The number of hydrogen-bond donors (Lipinski definition) is 3. The molecular weight excluding hydrogens is 404 g/mol. The van der Waals surface area contributed by atoms with E-state index in [1.807, 2.05) is 54.9 Å². The number of pyridine rings is 1. The minimum Gasteiger partial charge on any atom is -0.439 e. The van der Waals surface area contributed by atoms with Crippen molar-refractivity contribution in [2.45, 2.75) is 32.7 Å². The smallest absolute Gasteiger partial charge is 0.257 e. The Morgan fingerprint density at radius 3 is 2.47 bits per heavy atom. The highest BCUT2D eigenvalue weighted by atomic mass is 16.5. The Labute approximate surface area is 188 Å². The van der Waals surface area contributed by atoms with Crippen LogP contribution in [-0.4, -0.2) is 40.8 Å². The number of nitrogen functional groups attached to an aromatic ring is 1. The maximum Gasteiger partial charge on any atom is 0.257 e. The van der Waals surface area contributed by atoms with E-state index in [1.165, 1.54) is 0 Å². The second kappa shape index (κ2) is 9.00. The van der Waals surface area contributed by atoms with Crippen molar-refractivity contribution in [2.75, 3.05) is 25.9 Å². The fraction of sp³-hybridized carbons (Fsp3) is 0.375. The second-order valence-electron chi connectivity index (χ2n) is 8.10. The van der Waals surface area contributed by atoms with Gasteiger partial charge in [0.15, 0.2) is 0 Å². The highest BCUT2D eigenvalue weighted by Crippen LogP contribution is 2.52. The first-order valence-corrected chi connectivity index (χ1v) is 11.1. The summed E-state index contributed by atoms with van der Waals surface area (Å²) in [6.07, 6.45) is 3.72.